The van der Waals surface area contributed by atoms with Gasteiger partial charge in [0.25, 0.3) is 11.8 Å². The number of carbonyl (C=O) groups excluding carboxylic acids is 3. The zero-order valence-corrected chi connectivity index (χ0v) is 18.2. The Labute approximate surface area is 191 Å². The average molecular weight is 451 g/mol. The van der Waals surface area contributed by atoms with E-state index in [1.807, 2.05) is 24.3 Å². The fourth-order valence-corrected chi connectivity index (χ4v) is 3.93. The zero-order valence-electron chi connectivity index (χ0n) is 17.5. The van der Waals surface area contributed by atoms with Crippen LogP contribution in [0.4, 0.5) is 5.82 Å². The smallest absolute Gasteiger partial charge is 0.261 e. The van der Waals surface area contributed by atoms with Crippen LogP contribution in [-0.4, -0.2) is 38.9 Å². The van der Waals surface area contributed by atoms with Crippen LogP contribution in [0, 0.1) is 0 Å². The summed E-state index contributed by atoms with van der Waals surface area (Å²) in [6.07, 6.45) is 4.22. The molecule has 0 unspecified atom stereocenters. The molecule has 3 aromatic rings. The lowest BCUT2D eigenvalue weighted by atomic mass is 10.1. The molecule has 32 heavy (non-hydrogen) atoms. The Balaban J connectivity index is 1.17. The Bertz CT molecular complexity index is 1120. The molecule has 0 saturated heterocycles. The summed E-state index contributed by atoms with van der Waals surface area (Å²) < 4.78 is 1.74. The highest BCUT2D eigenvalue weighted by Gasteiger charge is 2.34. The predicted octanol–water partition coefficient (Wildman–Crippen LogP) is 4.38. The van der Waals surface area contributed by atoms with Gasteiger partial charge in [-0.3, -0.25) is 24.0 Å². The van der Waals surface area contributed by atoms with Crippen molar-refractivity contribution < 1.29 is 14.4 Å². The Morgan fingerprint density at radius 1 is 0.938 bits per heavy atom. The zero-order chi connectivity index (χ0) is 22.5. The van der Waals surface area contributed by atoms with Crippen LogP contribution >= 0.6 is 11.6 Å². The van der Waals surface area contributed by atoms with Crippen LogP contribution in [0.3, 0.4) is 0 Å². The maximum absolute atomic E-state index is 12.3. The van der Waals surface area contributed by atoms with Crippen LogP contribution in [0.1, 0.15) is 52.0 Å². The number of benzene rings is 2. The van der Waals surface area contributed by atoms with E-state index >= 15 is 0 Å². The summed E-state index contributed by atoms with van der Waals surface area (Å²) in [4.78, 5) is 38.2. The predicted molar refractivity (Wildman–Crippen MR) is 122 cm³/mol. The highest BCUT2D eigenvalue weighted by Crippen LogP contribution is 2.23. The second-order valence-corrected chi connectivity index (χ2v) is 8.13. The molecule has 2 aromatic carbocycles. The topological polar surface area (TPSA) is 84.3 Å². The molecule has 1 aliphatic heterocycles. The SMILES string of the molecule is O=C(CCCCCN1C(=O)c2ccccc2C1=O)Nc1ccn(Cc2cccc(Cl)c2)n1. The highest BCUT2D eigenvalue weighted by molar-refractivity contribution is 6.30. The average Bonchev–Trinajstić information content (AvgIpc) is 3.31. The monoisotopic (exact) mass is 450 g/mol. The molecule has 4 rings (SSSR count). The standard InChI is InChI=1S/C24H23ClN4O3/c25-18-8-6-7-17(15-18)16-28-14-12-21(27-28)26-22(30)11-2-1-5-13-29-23(31)19-9-3-4-10-20(19)24(29)32/h3-4,6-10,12,14-15H,1-2,5,11,13,16H2,(H,26,27,30). The number of anilines is 1. The van der Waals surface area contributed by atoms with E-state index in [4.69, 9.17) is 11.6 Å². The lowest BCUT2D eigenvalue weighted by Crippen LogP contribution is -2.30. The van der Waals surface area contributed by atoms with E-state index in [2.05, 4.69) is 10.4 Å². The lowest BCUT2D eigenvalue weighted by Gasteiger charge is -2.13. The van der Waals surface area contributed by atoms with Gasteiger partial charge in [-0.1, -0.05) is 42.3 Å². The second-order valence-electron chi connectivity index (χ2n) is 7.69. The van der Waals surface area contributed by atoms with Crippen molar-refractivity contribution in [3.05, 3.63) is 82.5 Å². The van der Waals surface area contributed by atoms with Gasteiger partial charge in [0.15, 0.2) is 5.82 Å². The molecule has 7 nitrogen and oxygen atoms in total. The molecule has 8 heteroatoms. The largest absolute Gasteiger partial charge is 0.309 e. The van der Waals surface area contributed by atoms with Crippen LogP contribution in [0.2, 0.25) is 5.02 Å². The van der Waals surface area contributed by atoms with Gasteiger partial charge < -0.3 is 5.32 Å². The van der Waals surface area contributed by atoms with Crippen molar-refractivity contribution in [1.29, 1.82) is 0 Å². The highest BCUT2D eigenvalue weighted by atomic mass is 35.5. The summed E-state index contributed by atoms with van der Waals surface area (Å²) in [5, 5.41) is 7.84. The van der Waals surface area contributed by atoms with Gasteiger partial charge in [0, 0.05) is 30.3 Å². The van der Waals surface area contributed by atoms with Gasteiger partial charge in [0.2, 0.25) is 5.91 Å². The molecule has 1 N–H and O–H groups in total. The Kier molecular flexibility index (Phi) is 6.66. The molecule has 164 valence electrons. The number of rotatable bonds is 9. The van der Waals surface area contributed by atoms with Gasteiger partial charge >= 0.3 is 0 Å². The van der Waals surface area contributed by atoms with E-state index in [1.54, 1.807) is 41.2 Å². The minimum atomic E-state index is -0.239. The van der Waals surface area contributed by atoms with Gasteiger partial charge in [-0.25, -0.2) is 0 Å². The van der Waals surface area contributed by atoms with E-state index < -0.39 is 0 Å². The molecule has 0 saturated carbocycles. The molecule has 0 radical (unpaired) electrons. The van der Waals surface area contributed by atoms with E-state index in [1.165, 1.54) is 4.90 Å². The van der Waals surface area contributed by atoms with Crippen molar-refractivity contribution in [2.75, 3.05) is 11.9 Å². The quantitative estimate of drug-likeness (QED) is 0.387. The number of halogens is 1. The van der Waals surface area contributed by atoms with Crippen molar-refractivity contribution in [3.8, 4) is 0 Å². The summed E-state index contributed by atoms with van der Waals surface area (Å²) in [5.74, 6) is -0.0878. The number of unbranched alkanes of at least 4 members (excludes halogenated alkanes) is 2. The van der Waals surface area contributed by atoms with Crippen LogP contribution < -0.4 is 5.32 Å². The number of imide groups is 1. The summed E-state index contributed by atoms with van der Waals surface area (Å²) in [5.41, 5.74) is 1.95. The third kappa shape index (κ3) is 5.06. The van der Waals surface area contributed by atoms with Crippen molar-refractivity contribution in [1.82, 2.24) is 14.7 Å². The van der Waals surface area contributed by atoms with Gasteiger partial charge in [0.1, 0.15) is 0 Å². The first-order chi connectivity index (χ1) is 15.5. The molecule has 1 aliphatic rings. The van der Waals surface area contributed by atoms with Gasteiger partial charge in [-0.15, -0.1) is 0 Å². The normalized spacial score (nSPS) is 12.8. The number of nitrogens with zero attached hydrogens (tertiary/aromatic N) is 3. The number of aromatic nitrogens is 2. The number of fused-ring (bicyclic) bond motifs is 1. The summed E-state index contributed by atoms with van der Waals surface area (Å²) in [6.45, 7) is 0.927. The van der Waals surface area contributed by atoms with Crippen molar-refractivity contribution in [2.24, 2.45) is 0 Å². The van der Waals surface area contributed by atoms with Gasteiger partial charge in [-0.2, -0.15) is 5.10 Å². The molecular formula is C24H23ClN4O3. The first kappa shape index (κ1) is 21.8. The molecule has 1 aromatic heterocycles. The van der Waals surface area contributed by atoms with E-state index in [0.717, 1.165) is 12.0 Å². The fourth-order valence-electron chi connectivity index (χ4n) is 3.72. The number of nitrogens with one attached hydrogen (secondary N) is 1. The number of hydrogen-bond acceptors (Lipinski definition) is 4. The molecule has 0 atom stereocenters. The Morgan fingerprint density at radius 3 is 2.41 bits per heavy atom. The molecule has 3 amide bonds. The summed E-state index contributed by atoms with van der Waals surface area (Å²) in [7, 11) is 0. The third-order valence-electron chi connectivity index (χ3n) is 5.31. The lowest BCUT2D eigenvalue weighted by molar-refractivity contribution is -0.116. The molecule has 0 spiro atoms. The van der Waals surface area contributed by atoms with Gasteiger partial charge in [0.05, 0.1) is 17.7 Å². The number of carbonyl (C=O) groups is 3. The number of amides is 3. The Hall–Kier alpha value is -3.45. The minimum absolute atomic E-state index is 0.112. The van der Waals surface area contributed by atoms with Crippen molar-refractivity contribution >= 4 is 35.1 Å². The first-order valence-corrected chi connectivity index (χ1v) is 10.9. The van der Waals surface area contributed by atoms with E-state index in [-0.39, 0.29) is 17.7 Å². The minimum Gasteiger partial charge on any atom is -0.309 e. The second kappa shape index (κ2) is 9.78. The summed E-state index contributed by atoms with van der Waals surface area (Å²) >= 11 is 6.01. The summed E-state index contributed by atoms with van der Waals surface area (Å²) in [6, 6.07) is 16.2. The molecular weight excluding hydrogens is 428 g/mol. The molecule has 2 heterocycles. The van der Waals surface area contributed by atoms with Gasteiger partial charge in [-0.05, 0) is 42.7 Å². The maximum Gasteiger partial charge on any atom is 0.261 e. The maximum atomic E-state index is 12.3. The molecule has 0 bridgehead atoms. The Morgan fingerprint density at radius 2 is 1.69 bits per heavy atom. The fraction of sp³-hybridized carbons (Fsp3) is 0.250. The van der Waals surface area contributed by atoms with Crippen LogP contribution in [0.25, 0.3) is 0 Å². The first-order valence-electron chi connectivity index (χ1n) is 10.5. The van der Waals surface area contributed by atoms with Crippen molar-refractivity contribution in [2.45, 2.75) is 32.2 Å². The van der Waals surface area contributed by atoms with Crippen LogP contribution in [-0.2, 0) is 11.3 Å². The van der Waals surface area contributed by atoms with Crippen LogP contribution in [0.15, 0.2) is 60.8 Å². The van der Waals surface area contributed by atoms with Crippen molar-refractivity contribution in [3.63, 3.8) is 0 Å². The van der Waals surface area contributed by atoms with E-state index in [9.17, 15) is 14.4 Å². The molecule has 0 aliphatic carbocycles. The molecule has 0 fully saturated rings. The van der Waals surface area contributed by atoms with E-state index in [0.29, 0.717) is 54.3 Å². The van der Waals surface area contributed by atoms with Crippen LogP contribution in [0.5, 0.6) is 0 Å². The number of hydrogen-bond donors (Lipinski definition) is 1. The third-order valence-corrected chi connectivity index (χ3v) is 5.54.